The number of pyridine rings is 1. The third-order valence-electron chi connectivity index (χ3n) is 5.60. The summed E-state index contributed by atoms with van der Waals surface area (Å²) < 4.78 is 12.8. The summed E-state index contributed by atoms with van der Waals surface area (Å²) in [7, 11) is 0. The molecule has 3 aromatic heterocycles. The molecule has 176 valence electrons. The fraction of sp³-hybridized carbons (Fsp3) is 0.308. The second kappa shape index (κ2) is 9.51. The van der Waals surface area contributed by atoms with Crippen LogP contribution in [0, 0.1) is 13.8 Å². The van der Waals surface area contributed by atoms with Crippen molar-refractivity contribution in [3.8, 4) is 11.3 Å². The molecule has 4 rings (SSSR count). The van der Waals surface area contributed by atoms with Crippen LogP contribution in [0.1, 0.15) is 54.3 Å². The minimum atomic E-state index is -0.617. The minimum Gasteiger partial charge on any atom is -0.466 e. The third-order valence-corrected chi connectivity index (χ3v) is 5.60. The first-order valence-corrected chi connectivity index (χ1v) is 11.3. The molecule has 0 spiro atoms. The number of aryl methyl sites for hydroxylation is 3. The summed E-state index contributed by atoms with van der Waals surface area (Å²) in [6.07, 6.45) is 2.38. The Morgan fingerprint density at radius 2 is 1.94 bits per heavy atom. The van der Waals surface area contributed by atoms with E-state index in [1.54, 1.807) is 16.9 Å². The number of esters is 1. The van der Waals surface area contributed by atoms with Gasteiger partial charge in [0.2, 0.25) is 0 Å². The number of hydrogen-bond donors (Lipinski definition) is 1. The molecule has 8 heteroatoms. The number of ether oxygens (including phenoxy) is 1. The maximum Gasteiger partial charge on any atom is 0.339 e. The van der Waals surface area contributed by atoms with Gasteiger partial charge in [-0.3, -0.25) is 4.79 Å². The van der Waals surface area contributed by atoms with E-state index in [4.69, 9.17) is 14.1 Å². The van der Waals surface area contributed by atoms with Crippen molar-refractivity contribution in [2.75, 3.05) is 11.9 Å². The van der Waals surface area contributed by atoms with Gasteiger partial charge in [0.25, 0.3) is 5.91 Å². The zero-order valence-corrected chi connectivity index (χ0v) is 20.0. The van der Waals surface area contributed by atoms with Crippen LogP contribution in [0.4, 0.5) is 5.69 Å². The summed E-state index contributed by atoms with van der Waals surface area (Å²) >= 11 is 0. The molecule has 0 aliphatic rings. The number of fused-ring (bicyclic) bond motifs is 1. The number of carbonyl (C=O) groups is 2. The number of benzene rings is 1. The van der Waals surface area contributed by atoms with E-state index >= 15 is 0 Å². The normalized spacial score (nSPS) is 11.2. The fourth-order valence-corrected chi connectivity index (χ4v) is 3.93. The summed E-state index contributed by atoms with van der Waals surface area (Å²) in [5.74, 6) is 0.431. The lowest BCUT2D eigenvalue weighted by molar-refractivity contribution is -0.119. The molecule has 0 aliphatic heterocycles. The molecule has 1 N–H and O–H groups in total. The Balaban J connectivity index is 1.63. The molecule has 4 aromatic rings. The smallest absolute Gasteiger partial charge is 0.339 e. The van der Waals surface area contributed by atoms with Crippen molar-refractivity contribution in [3.05, 3.63) is 65.2 Å². The number of para-hydroxylation sites is 1. The SMILES string of the molecule is CCc1ccccc1NC(=O)COC(=O)c1cc(-c2cc(C)oc2C)nc2c1cnn2C(C)C. The summed E-state index contributed by atoms with van der Waals surface area (Å²) in [4.78, 5) is 30.3. The van der Waals surface area contributed by atoms with Gasteiger partial charge in [-0.1, -0.05) is 25.1 Å². The third kappa shape index (κ3) is 4.57. The topological polar surface area (TPSA) is 99.2 Å². The highest BCUT2D eigenvalue weighted by Gasteiger charge is 2.22. The van der Waals surface area contributed by atoms with Crippen molar-refractivity contribution in [2.45, 2.75) is 47.1 Å². The molecule has 0 aliphatic carbocycles. The number of nitrogens with zero attached hydrogens (tertiary/aromatic N) is 3. The van der Waals surface area contributed by atoms with Gasteiger partial charge in [-0.2, -0.15) is 5.10 Å². The Hall–Kier alpha value is -3.94. The van der Waals surface area contributed by atoms with Crippen LogP contribution in [0.15, 0.2) is 47.0 Å². The average Bonchev–Trinajstić information content (AvgIpc) is 3.39. The van der Waals surface area contributed by atoms with Crippen LogP contribution >= 0.6 is 0 Å². The highest BCUT2D eigenvalue weighted by atomic mass is 16.5. The Labute approximate surface area is 197 Å². The largest absolute Gasteiger partial charge is 0.466 e. The van der Waals surface area contributed by atoms with Gasteiger partial charge in [-0.25, -0.2) is 14.5 Å². The van der Waals surface area contributed by atoms with Crippen LogP contribution in [-0.2, 0) is 16.0 Å². The van der Waals surface area contributed by atoms with Gasteiger partial charge in [0.05, 0.1) is 22.8 Å². The quantitative estimate of drug-likeness (QED) is 0.378. The number of furan rings is 1. The Morgan fingerprint density at radius 1 is 1.18 bits per heavy atom. The van der Waals surface area contributed by atoms with Crippen molar-refractivity contribution in [3.63, 3.8) is 0 Å². The van der Waals surface area contributed by atoms with Crippen LogP contribution < -0.4 is 5.32 Å². The van der Waals surface area contributed by atoms with E-state index in [0.29, 0.717) is 33.7 Å². The van der Waals surface area contributed by atoms with Gasteiger partial charge in [-0.05, 0) is 57.9 Å². The van der Waals surface area contributed by atoms with Crippen molar-refractivity contribution in [1.82, 2.24) is 14.8 Å². The van der Waals surface area contributed by atoms with E-state index in [0.717, 1.165) is 23.3 Å². The number of carbonyl (C=O) groups excluding carboxylic acids is 2. The average molecular weight is 461 g/mol. The molecule has 0 bridgehead atoms. The summed E-state index contributed by atoms with van der Waals surface area (Å²) in [5.41, 5.74) is 3.96. The van der Waals surface area contributed by atoms with E-state index in [1.165, 1.54) is 0 Å². The molecule has 0 radical (unpaired) electrons. The molecule has 0 saturated heterocycles. The Bertz CT molecular complexity index is 1370. The number of hydrogen-bond acceptors (Lipinski definition) is 6. The van der Waals surface area contributed by atoms with Gasteiger partial charge in [-0.15, -0.1) is 0 Å². The molecule has 8 nitrogen and oxygen atoms in total. The Morgan fingerprint density at radius 3 is 2.62 bits per heavy atom. The van der Waals surface area contributed by atoms with Crippen molar-refractivity contribution < 1.29 is 18.7 Å². The highest BCUT2D eigenvalue weighted by molar-refractivity contribution is 6.05. The van der Waals surface area contributed by atoms with E-state index in [2.05, 4.69) is 10.4 Å². The Kier molecular flexibility index (Phi) is 6.49. The number of anilines is 1. The van der Waals surface area contributed by atoms with Gasteiger partial charge < -0.3 is 14.5 Å². The molecular weight excluding hydrogens is 432 g/mol. The first-order valence-electron chi connectivity index (χ1n) is 11.3. The molecule has 1 aromatic carbocycles. The van der Waals surface area contributed by atoms with Crippen LogP contribution in [0.5, 0.6) is 0 Å². The molecule has 3 heterocycles. The van der Waals surface area contributed by atoms with Crippen LogP contribution in [0.3, 0.4) is 0 Å². The lowest BCUT2D eigenvalue weighted by Crippen LogP contribution is -2.21. The second-order valence-corrected chi connectivity index (χ2v) is 8.44. The van der Waals surface area contributed by atoms with Crippen molar-refractivity contribution in [2.24, 2.45) is 0 Å². The zero-order valence-electron chi connectivity index (χ0n) is 20.0. The monoisotopic (exact) mass is 460 g/mol. The molecular formula is C26H28N4O4. The van der Waals surface area contributed by atoms with Crippen LogP contribution in [-0.4, -0.2) is 33.2 Å². The summed E-state index contributed by atoms with van der Waals surface area (Å²) in [6.45, 7) is 9.30. The van der Waals surface area contributed by atoms with Crippen LogP contribution in [0.25, 0.3) is 22.3 Å². The zero-order chi connectivity index (χ0) is 24.4. The first-order chi connectivity index (χ1) is 16.3. The van der Waals surface area contributed by atoms with Gasteiger partial charge >= 0.3 is 5.97 Å². The lowest BCUT2D eigenvalue weighted by atomic mass is 10.1. The summed E-state index contributed by atoms with van der Waals surface area (Å²) in [6, 6.07) is 11.1. The highest BCUT2D eigenvalue weighted by Crippen LogP contribution is 2.30. The first kappa shape index (κ1) is 23.2. The van der Waals surface area contributed by atoms with Crippen molar-refractivity contribution >= 4 is 28.6 Å². The standard InChI is InChI=1S/C26H28N4O4/c1-6-18-9-7-8-10-22(18)28-24(31)14-33-26(32)20-12-23(19-11-16(4)34-17(19)5)29-25-21(20)13-27-30(25)15(2)3/h7-13,15H,6,14H2,1-5H3,(H,28,31). The van der Waals surface area contributed by atoms with E-state index in [9.17, 15) is 9.59 Å². The van der Waals surface area contributed by atoms with E-state index in [-0.39, 0.29) is 6.04 Å². The minimum absolute atomic E-state index is 0.0423. The molecule has 0 atom stereocenters. The van der Waals surface area contributed by atoms with Gasteiger partial charge in [0.1, 0.15) is 11.5 Å². The molecule has 0 saturated carbocycles. The lowest BCUT2D eigenvalue weighted by Gasteiger charge is -2.11. The second-order valence-electron chi connectivity index (χ2n) is 8.44. The van der Waals surface area contributed by atoms with Crippen LogP contribution in [0.2, 0.25) is 0 Å². The predicted molar refractivity (Wildman–Crippen MR) is 130 cm³/mol. The van der Waals surface area contributed by atoms with Crippen molar-refractivity contribution in [1.29, 1.82) is 0 Å². The predicted octanol–water partition coefficient (Wildman–Crippen LogP) is 5.25. The molecule has 0 fully saturated rings. The molecule has 1 amide bonds. The molecule has 34 heavy (non-hydrogen) atoms. The van der Waals surface area contributed by atoms with Gasteiger partial charge in [0.15, 0.2) is 12.3 Å². The van der Waals surface area contributed by atoms with E-state index in [1.807, 2.05) is 65.0 Å². The van der Waals surface area contributed by atoms with Gasteiger partial charge in [0, 0.05) is 17.3 Å². The fourth-order valence-electron chi connectivity index (χ4n) is 3.93. The number of amides is 1. The number of aromatic nitrogens is 3. The molecule has 0 unspecified atom stereocenters. The maximum absolute atomic E-state index is 13.1. The van der Waals surface area contributed by atoms with E-state index < -0.39 is 18.5 Å². The number of rotatable bonds is 7. The summed E-state index contributed by atoms with van der Waals surface area (Å²) in [5, 5.41) is 7.80. The number of nitrogens with one attached hydrogen (secondary N) is 1. The maximum atomic E-state index is 13.1.